The highest BCUT2D eigenvalue weighted by Crippen LogP contribution is 2.33. The van der Waals surface area contributed by atoms with Crippen molar-refractivity contribution < 1.29 is 17.9 Å². The zero-order valence-electron chi connectivity index (χ0n) is 19.5. The van der Waals surface area contributed by atoms with Gasteiger partial charge in [-0.1, -0.05) is 32.1 Å². The van der Waals surface area contributed by atoms with E-state index in [1.165, 1.54) is 17.5 Å². The smallest absolute Gasteiger partial charge is 0.261 e. The molecule has 0 aliphatic heterocycles. The zero-order valence-corrected chi connectivity index (χ0v) is 21.1. The van der Waals surface area contributed by atoms with E-state index in [1.54, 1.807) is 23.5 Å². The lowest BCUT2D eigenvalue weighted by Crippen LogP contribution is -2.29. The molecule has 1 unspecified atom stereocenters. The van der Waals surface area contributed by atoms with Crippen LogP contribution in [0, 0.1) is 0 Å². The highest BCUT2D eigenvalue weighted by molar-refractivity contribution is 7.92. The summed E-state index contributed by atoms with van der Waals surface area (Å²) < 4.78 is 32.2. The van der Waals surface area contributed by atoms with Crippen LogP contribution in [-0.2, 0) is 32.2 Å². The number of thiazole rings is 1. The third kappa shape index (κ3) is 5.21. The second-order valence-electron chi connectivity index (χ2n) is 9.73. The van der Waals surface area contributed by atoms with E-state index >= 15 is 0 Å². The van der Waals surface area contributed by atoms with E-state index in [1.807, 2.05) is 0 Å². The summed E-state index contributed by atoms with van der Waals surface area (Å²) >= 11 is 1.54. The molecule has 184 valence electrons. The van der Waals surface area contributed by atoms with Crippen molar-refractivity contribution in [3.8, 4) is 0 Å². The fraction of sp³-hybridized carbons (Fsp3) is 0.640. The van der Waals surface area contributed by atoms with Crippen molar-refractivity contribution in [3.05, 3.63) is 34.6 Å². The molecule has 3 aliphatic rings. The number of nitrogens with one attached hydrogen (secondary N) is 1. The van der Waals surface area contributed by atoms with E-state index in [2.05, 4.69) is 15.3 Å². The highest BCUT2D eigenvalue weighted by Gasteiger charge is 2.32. The molecule has 34 heavy (non-hydrogen) atoms. The van der Waals surface area contributed by atoms with E-state index in [9.17, 15) is 13.2 Å². The van der Waals surface area contributed by atoms with Crippen molar-refractivity contribution in [2.45, 2.75) is 106 Å². The maximum Gasteiger partial charge on any atom is 0.261 e. The Balaban J connectivity index is 1.36. The summed E-state index contributed by atoms with van der Waals surface area (Å²) in [6, 6.07) is 3.23. The van der Waals surface area contributed by atoms with Crippen molar-refractivity contribution in [3.63, 3.8) is 0 Å². The molecule has 2 heterocycles. The van der Waals surface area contributed by atoms with Crippen molar-refractivity contribution >= 4 is 32.2 Å². The number of carbonyl (C=O) groups is 1. The molecule has 1 N–H and O–H groups in total. The zero-order chi connectivity index (χ0) is 23.5. The fourth-order valence-corrected chi connectivity index (χ4v) is 8.19. The summed E-state index contributed by atoms with van der Waals surface area (Å²) in [5.41, 5.74) is 1.53. The summed E-state index contributed by atoms with van der Waals surface area (Å²) in [5, 5.41) is 3.24. The van der Waals surface area contributed by atoms with Gasteiger partial charge in [0.05, 0.1) is 27.6 Å². The standard InChI is InChI=1S/C25H33N3O4S2/c29-24(28-25-27-20-12-6-7-13-22(20)33-25)23(32-17-8-2-1-3-9-17)21-15-14-19(16-26-21)34(30,31)18-10-4-5-11-18/h14-18,23H,1-13H2,(H,27,28,29). The van der Waals surface area contributed by atoms with Crippen LogP contribution < -0.4 is 5.32 Å². The number of hydrogen-bond donors (Lipinski definition) is 1. The van der Waals surface area contributed by atoms with Gasteiger partial charge < -0.3 is 4.74 Å². The second-order valence-corrected chi connectivity index (χ2v) is 13.0. The average Bonchev–Trinajstić information content (AvgIpc) is 3.53. The molecular formula is C25H33N3O4S2. The second kappa shape index (κ2) is 10.4. The van der Waals surface area contributed by atoms with Crippen LogP contribution in [0.3, 0.4) is 0 Å². The number of hydrogen-bond acceptors (Lipinski definition) is 7. The molecule has 3 aliphatic carbocycles. The van der Waals surface area contributed by atoms with Gasteiger partial charge in [-0.25, -0.2) is 13.4 Å². The molecule has 0 spiro atoms. The molecule has 0 bridgehead atoms. The monoisotopic (exact) mass is 503 g/mol. The Morgan fingerprint density at radius 2 is 1.74 bits per heavy atom. The Bertz CT molecular complexity index is 1080. The molecule has 9 heteroatoms. The molecule has 5 rings (SSSR count). The maximum absolute atomic E-state index is 13.4. The van der Waals surface area contributed by atoms with Gasteiger partial charge in [-0.2, -0.15) is 0 Å². The van der Waals surface area contributed by atoms with Crippen molar-refractivity contribution in [1.82, 2.24) is 9.97 Å². The summed E-state index contributed by atoms with van der Waals surface area (Å²) in [7, 11) is -3.39. The van der Waals surface area contributed by atoms with Gasteiger partial charge in [-0.3, -0.25) is 15.1 Å². The van der Waals surface area contributed by atoms with E-state index in [-0.39, 0.29) is 22.2 Å². The maximum atomic E-state index is 13.4. The molecule has 2 aromatic rings. The molecule has 0 saturated heterocycles. The van der Waals surface area contributed by atoms with E-state index in [0.29, 0.717) is 23.7 Å². The van der Waals surface area contributed by atoms with Crippen LogP contribution in [0.25, 0.3) is 0 Å². The molecule has 0 aromatic carbocycles. The SMILES string of the molecule is O=C(Nc1nc2c(s1)CCCC2)C(OC1CCCCC1)c1ccc(S(=O)(=O)C2CCCC2)cn1. The van der Waals surface area contributed by atoms with Crippen LogP contribution in [0.15, 0.2) is 23.2 Å². The van der Waals surface area contributed by atoms with Gasteiger partial charge in [0.1, 0.15) is 0 Å². The van der Waals surface area contributed by atoms with Gasteiger partial charge in [0, 0.05) is 11.1 Å². The quantitative estimate of drug-likeness (QED) is 0.560. The highest BCUT2D eigenvalue weighted by atomic mass is 32.2. The van der Waals surface area contributed by atoms with Crippen LogP contribution in [0.4, 0.5) is 5.13 Å². The van der Waals surface area contributed by atoms with E-state index in [0.717, 1.165) is 69.9 Å². The fourth-order valence-electron chi connectivity index (χ4n) is 5.34. The van der Waals surface area contributed by atoms with Gasteiger partial charge in [0.15, 0.2) is 21.1 Å². The molecular weight excluding hydrogens is 470 g/mol. The van der Waals surface area contributed by atoms with E-state index in [4.69, 9.17) is 4.74 Å². The lowest BCUT2D eigenvalue weighted by molar-refractivity contribution is -0.133. The van der Waals surface area contributed by atoms with Gasteiger partial charge in [0.2, 0.25) is 0 Å². The lowest BCUT2D eigenvalue weighted by atomic mass is 9.97. The largest absolute Gasteiger partial charge is 0.359 e. The summed E-state index contributed by atoms with van der Waals surface area (Å²) in [5.74, 6) is -0.296. The van der Waals surface area contributed by atoms with Gasteiger partial charge >= 0.3 is 0 Å². The molecule has 7 nitrogen and oxygen atoms in total. The van der Waals surface area contributed by atoms with Crippen molar-refractivity contribution in [2.24, 2.45) is 0 Å². The van der Waals surface area contributed by atoms with Crippen LogP contribution in [-0.4, -0.2) is 35.6 Å². The molecule has 2 aromatic heterocycles. The predicted octanol–water partition coefficient (Wildman–Crippen LogP) is 5.16. The Morgan fingerprint density at radius 1 is 1.00 bits per heavy atom. The number of anilines is 1. The topological polar surface area (TPSA) is 98.2 Å². The van der Waals surface area contributed by atoms with Crippen molar-refractivity contribution in [2.75, 3.05) is 5.32 Å². The van der Waals surface area contributed by atoms with Crippen molar-refractivity contribution in [1.29, 1.82) is 0 Å². The van der Waals surface area contributed by atoms with Crippen LogP contribution in [0.1, 0.15) is 93.0 Å². The first-order chi connectivity index (χ1) is 16.5. The number of rotatable bonds is 7. The third-order valence-electron chi connectivity index (χ3n) is 7.29. The molecule has 2 fully saturated rings. The average molecular weight is 504 g/mol. The first kappa shape index (κ1) is 23.9. The van der Waals surface area contributed by atoms with Gasteiger partial charge in [0.25, 0.3) is 5.91 Å². The number of aromatic nitrogens is 2. The Kier molecular flexibility index (Phi) is 7.32. The van der Waals surface area contributed by atoms with Crippen LogP contribution in [0.2, 0.25) is 0 Å². The number of ether oxygens (including phenoxy) is 1. The molecule has 0 radical (unpaired) electrons. The van der Waals surface area contributed by atoms with Gasteiger partial charge in [-0.15, -0.1) is 11.3 Å². The third-order valence-corrected chi connectivity index (χ3v) is 10.6. The van der Waals surface area contributed by atoms with E-state index < -0.39 is 15.9 Å². The predicted molar refractivity (Wildman–Crippen MR) is 132 cm³/mol. The minimum Gasteiger partial charge on any atom is -0.359 e. The van der Waals surface area contributed by atoms with Crippen LogP contribution >= 0.6 is 11.3 Å². The molecule has 1 amide bonds. The first-order valence-electron chi connectivity index (χ1n) is 12.7. The Morgan fingerprint density at radius 3 is 2.44 bits per heavy atom. The Hall–Kier alpha value is -1.84. The lowest BCUT2D eigenvalue weighted by Gasteiger charge is -2.26. The Labute approximate surface area is 205 Å². The van der Waals surface area contributed by atoms with Gasteiger partial charge in [-0.05, 0) is 63.5 Å². The minimum absolute atomic E-state index is 0.00213. The first-order valence-corrected chi connectivity index (χ1v) is 15.0. The number of sulfone groups is 1. The molecule has 2 saturated carbocycles. The molecule has 1 atom stereocenters. The number of nitrogens with zero attached hydrogens (tertiary/aromatic N) is 2. The summed E-state index contributed by atoms with van der Waals surface area (Å²) in [6.07, 6.45) is 13.3. The van der Waals surface area contributed by atoms with Crippen LogP contribution in [0.5, 0.6) is 0 Å². The summed E-state index contributed by atoms with van der Waals surface area (Å²) in [4.78, 5) is 23.9. The summed E-state index contributed by atoms with van der Waals surface area (Å²) in [6.45, 7) is 0. The number of pyridine rings is 1. The number of fused-ring (bicyclic) bond motifs is 1. The minimum atomic E-state index is -3.39. The number of carbonyl (C=O) groups excluding carboxylic acids is 1. The normalized spacial score (nSPS) is 20.7. The number of aryl methyl sites for hydroxylation is 2. The number of amides is 1.